The van der Waals surface area contributed by atoms with Crippen LogP contribution in [0.25, 0.3) is 27.7 Å². The summed E-state index contributed by atoms with van der Waals surface area (Å²) in [5.74, 6) is -2.87. The third kappa shape index (κ3) is 4.18. The van der Waals surface area contributed by atoms with Crippen molar-refractivity contribution >= 4 is 22.5 Å². The standard InChI is InChI=1S/C22H23F5N8O/c1-12(22(25,26)27)35-16-10-13(4-5-15(16)30-32-35)14-6-9-34-18(14)19(36-3)29-20(31-34)28-17-7-8-33(2)11-21(17,23)24/h4-6,9-10,12,17H,7-8,11H2,1-3H3,(H,28,31)/t12-,17+/m0/s1. The van der Waals surface area contributed by atoms with Crippen LogP contribution < -0.4 is 10.1 Å². The van der Waals surface area contributed by atoms with Crippen molar-refractivity contribution in [1.82, 2.24) is 34.5 Å². The number of fused-ring (bicyclic) bond motifs is 2. The molecular formula is C22H23F5N8O. The average molecular weight is 510 g/mol. The van der Waals surface area contributed by atoms with Gasteiger partial charge in [-0.25, -0.2) is 18.0 Å². The van der Waals surface area contributed by atoms with Crippen molar-refractivity contribution in [2.24, 2.45) is 0 Å². The minimum absolute atomic E-state index is 0.0209. The molecule has 4 heterocycles. The number of anilines is 1. The molecule has 4 aromatic rings. The first-order valence-electron chi connectivity index (χ1n) is 11.2. The van der Waals surface area contributed by atoms with Gasteiger partial charge in [0.05, 0.1) is 25.2 Å². The maximum atomic E-state index is 14.5. The lowest BCUT2D eigenvalue weighted by atomic mass is 10.0. The summed E-state index contributed by atoms with van der Waals surface area (Å²) in [6.45, 7) is 1.13. The number of methoxy groups -OCH3 is 1. The van der Waals surface area contributed by atoms with E-state index in [1.165, 1.54) is 11.6 Å². The van der Waals surface area contributed by atoms with Gasteiger partial charge in [0.15, 0.2) is 0 Å². The molecule has 3 aromatic heterocycles. The summed E-state index contributed by atoms with van der Waals surface area (Å²) in [4.78, 5) is 5.86. The molecule has 5 rings (SSSR count). The highest BCUT2D eigenvalue weighted by Crippen LogP contribution is 2.36. The highest BCUT2D eigenvalue weighted by Gasteiger charge is 2.44. The van der Waals surface area contributed by atoms with E-state index in [1.54, 1.807) is 42.4 Å². The van der Waals surface area contributed by atoms with Crippen LogP contribution in [-0.4, -0.2) is 79.9 Å². The van der Waals surface area contributed by atoms with Gasteiger partial charge in [0, 0.05) is 18.3 Å². The van der Waals surface area contributed by atoms with E-state index in [1.807, 2.05) is 0 Å². The van der Waals surface area contributed by atoms with E-state index in [4.69, 9.17) is 4.74 Å². The average Bonchev–Trinajstić information content (AvgIpc) is 3.42. The lowest BCUT2D eigenvalue weighted by Gasteiger charge is -2.36. The number of alkyl halides is 5. The summed E-state index contributed by atoms with van der Waals surface area (Å²) in [6.07, 6.45) is -2.68. The number of nitrogens with zero attached hydrogens (tertiary/aromatic N) is 7. The van der Waals surface area contributed by atoms with E-state index in [0.717, 1.165) is 11.6 Å². The second kappa shape index (κ2) is 8.54. The number of likely N-dealkylation sites (tertiary alicyclic amines) is 1. The summed E-state index contributed by atoms with van der Waals surface area (Å²) in [6, 6.07) is 3.51. The van der Waals surface area contributed by atoms with Gasteiger partial charge in [-0.1, -0.05) is 11.3 Å². The first-order chi connectivity index (χ1) is 17.0. The van der Waals surface area contributed by atoms with Gasteiger partial charge in [0.1, 0.15) is 17.1 Å². The maximum absolute atomic E-state index is 14.5. The molecule has 0 spiro atoms. The Balaban J connectivity index is 1.53. The van der Waals surface area contributed by atoms with Gasteiger partial charge < -0.3 is 15.0 Å². The van der Waals surface area contributed by atoms with E-state index in [-0.39, 0.29) is 30.3 Å². The van der Waals surface area contributed by atoms with E-state index in [9.17, 15) is 22.0 Å². The summed E-state index contributed by atoms with van der Waals surface area (Å²) in [5.41, 5.74) is 2.09. The number of nitrogens with one attached hydrogen (secondary N) is 1. The van der Waals surface area contributed by atoms with Crippen LogP contribution in [0, 0.1) is 0 Å². The van der Waals surface area contributed by atoms with E-state index in [2.05, 4.69) is 25.7 Å². The van der Waals surface area contributed by atoms with Crippen molar-refractivity contribution < 1.29 is 26.7 Å². The highest BCUT2D eigenvalue weighted by atomic mass is 19.4. The molecule has 192 valence electrons. The minimum Gasteiger partial charge on any atom is -0.479 e. The minimum atomic E-state index is -4.50. The molecule has 1 N–H and O–H groups in total. The normalized spacial score (nSPS) is 19.6. The van der Waals surface area contributed by atoms with Crippen LogP contribution in [0.15, 0.2) is 30.5 Å². The first-order valence-corrected chi connectivity index (χ1v) is 11.2. The smallest absolute Gasteiger partial charge is 0.410 e. The molecule has 36 heavy (non-hydrogen) atoms. The zero-order valence-corrected chi connectivity index (χ0v) is 19.6. The Bertz CT molecular complexity index is 1410. The van der Waals surface area contributed by atoms with E-state index < -0.39 is 24.2 Å². The molecule has 2 atom stereocenters. The van der Waals surface area contributed by atoms with Crippen molar-refractivity contribution in [3.8, 4) is 17.0 Å². The molecule has 1 fully saturated rings. The zero-order valence-electron chi connectivity index (χ0n) is 19.6. The molecule has 0 unspecified atom stereocenters. The van der Waals surface area contributed by atoms with E-state index in [0.29, 0.717) is 28.7 Å². The van der Waals surface area contributed by atoms with Crippen LogP contribution in [-0.2, 0) is 0 Å². The predicted octanol–water partition coefficient (Wildman–Crippen LogP) is 4.02. The fourth-order valence-electron chi connectivity index (χ4n) is 4.40. The summed E-state index contributed by atoms with van der Waals surface area (Å²) in [5, 5.41) is 14.6. The number of hydrogen-bond acceptors (Lipinski definition) is 7. The molecule has 14 heteroatoms. The van der Waals surface area contributed by atoms with Gasteiger partial charge in [0.25, 0.3) is 5.92 Å². The van der Waals surface area contributed by atoms with Crippen molar-refractivity contribution in [2.45, 2.75) is 37.5 Å². The quantitative estimate of drug-likeness (QED) is 0.406. The van der Waals surface area contributed by atoms with Gasteiger partial charge in [-0.3, -0.25) is 0 Å². The Hall–Kier alpha value is -3.55. The van der Waals surface area contributed by atoms with Crippen molar-refractivity contribution in [3.63, 3.8) is 0 Å². The number of halogens is 5. The number of benzene rings is 1. The van der Waals surface area contributed by atoms with Gasteiger partial charge in [0.2, 0.25) is 11.8 Å². The molecule has 0 radical (unpaired) electrons. The van der Waals surface area contributed by atoms with Gasteiger partial charge in [-0.15, -0.1) is 10.2 Å². The fraction of sp³-hybridized carbons (Fsp3) is 0.455. The zero-order chi connectivity index (χ0) is 25.8. The van der Waals surface area contributed by atoms with Gasteiger partial charge >= 0.3 is 6.18 Å². The number of piperidine rings is 1. The van der Waals surface area contributed by atoms with Crippen LogP contribution in [0.4, 0.5) is 27.9 Å². The Labute approximate surface area is 201 Å². The van der Waals surface area contributed by atoms with Crippen LogP contribution in [0.5, 0.6) is 5.88 Å². The molecule has 0 aliphatic carbocycles. The molecule has 1 saturated heterocycles. The molecule has 1 aromatic carbocycles. The molecular weight excluding hydrogens is 487 g/mol. The molecule has 1 aliphatic rings. The second-order valence-corrected chi connectivity index (χ2v) is 8.91. The Kier molecular flexibility index (Phi) is 5.73. The van der Waals surface area contributed by atoms with Crippen molar-refractivity contribution in [3.05, 3.63) is 30.5 Å². The molecule has 0 amide bonds. The number of aromatic nitrogens is 6. The predicted molar refractivity (Wildman–Crippen MR) is 121 cm³/mol. The van der Waals surface area contributed by atoms with Crippen LogP contribution >= 0.6 is 0 Å². The van der Waals surface area contributed by atoms with Crippen LogP contribution in [0.3, 0.4) is 0 Å². The number of ether oxygens (including phenoxy) is 1. The van der Waals surface area contributed by atoms with E-state index >= 15 is 0 Å². The third-order valence-corrected chi connectivity index (χ3v) is 6.39. The van der Waals surface area contributed by atoms with Crippen LogP contribution in [0.1, 0.15) is 19.4 Å². The molecule has 9 nitrogen and oxygen atoms in total. The Morgan fingerprint density at radius 1 is 1.22 bits per heavy atom. The Morgan fingerprint density at radius 3 is 2.69 bits per heavy atom. The first kappa shape index (κ1) is 24.2. The molecule has 0 saturated carbocycles. The van der Waals surface area contributed by atoms with Crippen molar-refractivity contribution in [1.29, 1.82) is 0 Å². The highest BCUT2D eigenvalue weighted by molar-refractivity contribution is 5.89. The summed E-state index contributed by atoms with van der Waals surface area (Å²) in [7, 11) is 3.03. The topological polar surface area (TPSA) is 85.4 Å². The summed E-state index contributed by atoms with van der Waals surface area (Å²) < 4.78 is 76.7. The number of hydrogen-bond donors (Lipinski definition) is 1. The maximum Gasteiger partial charge on any atom is 0.410 e. The lowest BCUT2D eigenvalue weighted by Crippen LogP contribution is -2.53. The number of rotatable bonds is 5. The summed E-state index contributed by atoms with van der Waals surface area (Å²) >= 11 is 0. The SMILES string of the molecule is COc1nc(N[C@@H]2CCN(C)CC2(F)F)nn2ccc(-c3ccc4nnn([C@@H](C)C(F)(F)F)c4c3)c12. The lowest BCUT2D eigenvalue weighted by molar-refractivity contribution is -0.164. The second-order valence-electron chi connectivity index (χ2n) is 8.91. The fourth-order valence-corrected chi connectivity index (χ4v) is 4.40. The third-order valence-electron chi connectivity index (χ3n) is 6.39. The largest absolute Gasteiger partial charge is 0.479 e. The Morgan fingerprint density at radius 2 is 2.00 bits per heavy atom. The van der Waals surface area contributed by atoms with Crippen molar-refractivity contribution in [2.75, 3.05) is 32.6 Å². The molecule has 1 aliphatic heterocycles. The molecule has 0 bridgehead atoms. The van der Waals surface area contributed by atoms with Gasteiger partial charge in [-0.05, 0) is 44.2 Å². The monoisotopic (exact) mass is 510 g/mol. The van der Waals surface area contributed by atoms with Crippen LogP contribution in [0.2, 0.25) is 0 Å². The van der Waals surface area contributed by atoms with Gasteiger partial charge in [-0.2, -0.15) is 18.2 Å².